The second-order valence-corrected chi connectivity index (χ2v) is 5.86. The number of hydrogen-bond acceptors (Lipinski definition) is 4. The van der Waals surface area contributed by atoms with Crippen LogP contribution < -0.4 is 4.74 Å². The van der Waals surface area contributed by atoms with Crippen molar-refractivity contribution in [1.82, 2.24) is 0 Å². The fourth-order valence-corrected chi connectivity index (χ4v) is 2.76. The van der Waals surface area contributed by atoms with Gasteiger partial charge in [-0.2, -0.15) is 0 Å². The summed E-state index contributed by atoms with van der Waals surface area (Å²) >= 11 is 0. The fourth-order valence-electron chi connectivity index (χ4n) is 2.76. The van der Waals surface area contributed by atoms with Crippen LogP contribution in [0.1, 0.15) is 44.4 Å². The Morgan fingerprint density at radius 2 is 2.20 bits per heavy atom. The van der Waals surface area contributed by atoms with E-state index in [1.54, 1.807) is 0 Å². The van der Waals surface area contributed by atoms with Crippen molar-refractivity contribution in [3.63, 3.8) is 0 Å². The van der Waals surface area contributed by atoms with Crippen molar-refractivity contribution in [1.29, 1.82) is 0 Å². The van der Waals surface area contributed by atoms with Gasteiger partial charge in [0.2, 0.25) is 0 Å². The maximum absolute atomic E-state index is 11.8. The number of hydrogen-bond donors (Lipinski definition) is 1. The summed E-state index contributed by atoms with van der Waals surface area (Å²) in [6.45, 7) is 5.89. The number of aliphatic hydroxyl groups excluding tert-OH is 1. The third-order valence-corrected chi connectivity index (χ3v) is 3.77. The summed E-state index contributed by atoms with van der Waals surface area (Å²) < 4.78 is 10.7. The van der Waals surface area contributed by atoms with Crippen molar-refractivity contribution in [2.45, 2.75) is 45.3 Å². The molecule has 2 atom stereocenters. The molecule has 2 unspecified atom stereocenters. The summed E-state index contributed by atoms with van der Waals surface area (Å²) in [6, 6.07) is 5.71. The van der Waals surface area contributed by atoms with Gasteiger partial charge in [-0.1, -0.05) is 25.1 Å². The minimum atomic E-state index is -0.906. The Balaban J connectivity index is 2.35. The second kappa shape index (κ2) is 5.44. The summed E-state index contributed by atoms with van der Waals surface area (Å²) in [5, 5.41) is 10.5. The van der Waals surface area contributed by atoms with Crippen LogP contribution in [0.3, 0.4) is 0 Å². The van der Waals surface area contributed by atoms with Crippen LogP contribution in [0.25, 0.3) is 0 Å². The molecule has 1 N–H and O–H groups in total. The van der Waals surface area contributed by atoms with E-state index in [1.165, 1.54) is 7.11 Å². The van der Waals surface area contributed by atoms with Crippen molar-refractivity contribution >= 4 is 5.97 Å². The number of rotatable bonds is 4. The predicted molar refractivity (Wildman–Crippen MR) is 75.6 cm³/mol. The van der Waals surface area contributed by atoms with E-state index < -0.39 is 18.0 Å². The van der Waals surface area contributed by atoms with E-state index >= 15 is 0 Å². The van der Waals surface area contributed by atoms with Gasteiger partial charge >= 0.3 is 5.97 Å². The standard InChI is InChI=1S/C16H22O4/c1-5-11(15(18)19-4)13(17)12-8-6-7-10-9-16(2,3)20-14(10)12/h6-8,11,13,17H,5,9H2,1-4H3. The van der Waals surface area contributed by atoms with Crippen LogP contribution in [0.15, 0.2) is 18.2 Å². The molecule has 0 saturated carbocycles. The molecule has 0 amide bonds. The number of benzene rings is 1. The van der Waals surface area contributed by atoms with Gasteiger partial charge in [-0.15, -0.1) is 0 Å². The van der Waals surface area contributed by atoms with E-state index in [1.807, 2.05) is 39.0 Å². The topological polar surface area (TPSA) is 55.8 Å². The van der Waals surface area contributed by atoms with E-state index in [2.05, 4.69) is 0 Å². The third-order valence-electron chi connectivity index (χ3n) is 3.77. The Morgan fingerprint density at radius 3 is 2.80 bits per heavy atom. The molecule has 0 aromatic heterocycles. The van der Waals surface area contributed by atoms with Crippen LogP contribution in [-0.2, 0) is 16.0 Å². The second-order valence-electron chi connectivity index (χ2n) is 5.86. The molecular formula is C16H22O4. The summed E-state index contributed by atoms with van der Waals surface area (Å²) in [7, 11) is 1.34. The molecule has 1 aromatic carbocycles. The lowest BCUT2D eigenvalue weighted by atomic mass is 9.91. The summed E-state index contributed by atoms with van der Waals surface area (Å²) in [4.78, 5) is 11.8. The first-order valence-corrected chi connectivity index (χ1v) is 6.96. The maximum Gasteiger partial charge on any atom is 0.311 e. The number of carbonyl (C=O) groups is 1. The first kappa shape index (κ1) is 14.9. The van der Waals surface area contributed by atoms with Crippen molar-refractivity contribution in [2.75, 3.05) is 7.11 Å². The molecular weight excluding hydrogens is 256 g/mol. The zero-order valence-corrected chi connectivity index (χ0v) is 12.5. The summed E-state index contributed by atoms with van der Waals surface area (Å²) in [5.41, 5.74) is 1.47. The highest BCUT2D eigenvalue weighted by Gasteiger charge is 2.36. The van der Waals surface area contributed by atoms with Crippen LogP contribution in [0.5, 0.6) is 5.75 Å². The number of carbonyl (C=O) groups excluding carboxylic acids is 1. The highest BCUT2D eigenvalue weighted by atomic mass is 16.5. The van der Waals surface area contributed by atoms with E-state index in [-0.39, 0.29) is 5.60 Å². The molecule has 110 valence electrons. The Morgan fingerprint density at radius 1 is 1.50 bits per heavy atom. The van der Waals surface area contributed by atoms with Crippen molar-refractivity contribution in [3.8, 4) is 5.75 Å². The van der Waals surface area contributed by atoms with Crippen LogP contribution in [0.4, 0.5) is 0 Å². The van der Waals surface area contributed by atoms with Gasteiger partial charge in [0.05, 0.1) is 19.1 Å². The van der Waals surface area contributed by atoms with Gasteiger partial charge in [-0.05, 0) is 25.8 Å². The van der Waals surface area contributed by atoms with E-state index in [4.69, 9.17) is 9.47 Å². The van der Waals surface area contributed by atoms with Crippen molar-refractivity contribution in [2.24, 2.45) is 5.92 Å². The van der Waals surface area contributed by atoms with E-state index in [9.17, 15) is 9.90 Å². The zero-order chi connectivity index (χ0) is 14.9. The summed E-state index contributed by atoms with van der Waals surface area (Å²) in [6.07, 6.45) is 0.412. The van der Waals surface area contributed by atoms with Gasteiger partial charge in [-0.25, -0.2) is 0 Å². The van der Waals surface area contributed by atoms with Gasteiger partial charge in [0.25, 0.3) is 0 Å². The molecule has 0 saturated heterocycles. The highest BCUT2D eigenvalue weighted by Crippen LogP contribution is 2.42. The number of esters is 1. The third kappa shape index (κ3) is 2.66. The zero-order valence-electron chi connectivity index (χ0n) is 12.5. The first-order valence-electron chi connectivity index (χ1n) is 6.96. The Bertz CT molecular complexity index is 507. The number of aliphatic hydroxyl groups is 1. The van der Waals surface area contributed by atoms with Crippen LogP contribution in [0, 0.1) is 5.92 Å². The molecule has 1 aliphatic rings. The monoisotopic (exact) mass is 278 g/mol. The molecule has 1 heterocycles. The predicted octanol–water partition coefficient (Wildman–Crippen LogP) is 2.63. The average Bonchev–Trinajstić information content (AvgIpc) is 2.72. The van der Waals surface area contributed by atoms with Crippen LogP contribution in [0.2, 0.25) is 0 Å². The molecule has 4 heteroatoms. The molecule has 0 spiro atoms. The SMILES string of the molecule is CCC(C(=O)OC)C(O)c1cccc2c1OC(C)(C)C2. The molecule has 20 heavy (non-hydrogen) atoms. The number of para-hydroxylation sites is 1. The molecule has 0 aliphatic carbocycles. The van der Waals surface area contributed by atoms with Crippen molar-refractivity contribution < 1.29 is 19.4 Å². The van der Waals surface area contributed by atoms with Crippen LogP contribution >= 0.6 is 0 Å². The number of fused-ring (bicyclic) bond motifs is 1. The minimum absolute atomic E-state index is 0.273. The smallest absolute Gasteiger partial charge is 0.311 e. The van der Waals surface area contributed by atoms with Crippen molar-refractivity contribution in [3.05, 3.63) is 29.3 Å². The number of ether oxygens (including phenoxy) is 2. The lowest BCUT2D eigenvalue weighted by Gasteiger charge is -2.23. The van der Waals surface area contributed by atoms with Gasteiger partial charge in [-0.3, -0.25) is 4.79 Å². The Kier molecular flexibility index (Phi) is 4.04. The molecule has 1 aromatic rings. The quantitative estimate of drug-likeness (QED) is 0.860. The number of methoxy groups -OCH3 is 1. The van der Waals surface area contributed by atoms with E-state index in [0.29, 0.717) is 17.7 Å². The Labute approximate surface area is 119 Å². The van der Waals surface area contributed by atoms with Crippen LogP contribution in [-0.4, -0.2) is 23.8 Å². The molecule has 0 radical (unpaired) electrons. The summed E-state index contributed by atoms with van der Waals surface area (Å²) in [5.74, 6) is -0.249. The molecule has 0 bridgehead atoms. The maximum atomic E-state index is 11.8. The first-order chi connectivity index (χ1) is 9.39. The normalized spacial score (nSPS) is 18.9. The molecule has 2 rings (SSSR count). The van der Waals surface area contributed by atoms with E-state index in [0.717, 1.165) is 12.0 Å². The van der Waals surface area contributed by atoms with Gasteiger partial charge < -0.3 is 14.6 Å². The Hall–Kier alpha value is -1.55. The van der Waals surface area contributed by atoms with Gasteiger partial charge in [0, 0.05) is 12.0 Å². The lowest BCUT2D eigenvalue weighted by molar-refractivity contribution is -0.149. The highest BCUT2D eigenvalue weighted by molar-refractivity contribution is 5.73. The average molecular weight is 278 g/mol. The van der Waals surface area contributed by atoms with Gasteiger partial charge in [0.1, 0.15) is 11.4 Å². The van der Waals surface area contributed by atoms with Gasteiger partial charge in [0.15, 0.2) is 0 Å². The molecule has 1 aliphatic heterocycles. The molecule has 0 fully saturated rings. The minimum Gasteiger partial charge on any atom is -0.487 e. The fraction of sp³-hybridized carbons (Fsp3) is 0.562. The lowest BCUT2D eigenvalue weighted by Crippen LogP contribution is -2.26. The largest absolute Gasteiger partial charge is 0.487 e. The molecule has 4 nitrogen and oxygen atoms in total.